The summed E-state index contributed by atoms with van der Waals surface area (Å²) in [6.07, 6.45) is -2.29. The van der Waals surface area contributed by atoms with Crippen molar-refractivity contribution in [1.82, 2.24) is 0 Å². The third kappa shape index (κ3) is 5.20. The smallest absolute Gasteiger partial charge is 0.416 e. The van der Waals surface area contributed by atoms with Gasteiger partial charge in [-0.05, 0) is 42.0 Å². The normalized spacial score (nSPS) is 11.4. The molecule has 2 aromatic rings. The molecule has 0 atom stereocenters. The minimum Gasteiger partial charge on any atom is -0.482 e. The number of allylic oxidation sites excluding steroid dienone is 1. The van der Waals surface area contributed by atoms with Crippen LogP contribution in [0.25, 0.3) is 6.08 Å². The molecular formula is C19H15F3O4. The first kappa shape index (κ1) is 19.2. The summed E-state index contributed by atoms with van der Waals surface area (Å²) in [5.74, 6) is -0.642. The Morgan fingerprint density at radius 2 is 1.69 bits per heavy atom. The first-order valence-electron chi connectivity index (χ1n) is 7.49. The van der Waals surface area contributed by atoms with Crippen LogP contribution in [0.3, 0.4) is 0 Å². The average molecular weight is 364 g/mol. The molecule has 0 aliphatic rings. The maximum atomic E-state index is 12.9. The van der Waals surface area contributed by atoms with Crippen molar-refractivity contribution in [2.45, 2.75) is 6.18 Å². The monoisotopic (exact) mass is 364 g/mol. The number of hydrogen-bond acceptors (Lipinski definition) is 4. The molecule has 0 fully saturated rings. The van der Waals surface area contributed by atoms with E-state index in [2.05, 4.69) is 4.74 Å². The number of rotatable bonds is 6. The molecule has 7 heteroatoms. The zero-order valence-electron chi connectivity index (χ0n) is 13.7. The van der Waals surface area contributed by atoms with Gasteiger partial charge in [0.2, 0.25) is 0 Å². The number of alkyl halides is 3. The molecule has 0 N–H and O–H groups in total. The molecule has 0 heterocycles. The van der Waals surface area contributed by atoms with Crippen LogP contribution >= 0.6 is 0 Å². The zero-order chi connectivity index (χ0) is 19.2. The van der Waals surface area contributed by atoms with Gasteiger partial charge in [-0.1, -0.05) is 24.3 Å². The number of halogens is 3. The number of hydrogen-bond donors (Lipinski definition) is 0. The Kier molecular flexibility index (Phi) is 6.16. The van der Waals surface area contributed by atoms with Crippen molar-refractivity contribution in [3.05, 3.63) is 71.3 Å². The Labute approximate surface area is 147 Å². The highest BCUT2D eigenvalue weighted by atomic mass is 19.4. The highest BCUT2D eigenvalue weighted by molar-refractivity contribution is 6.06. The second kappa shape index (κ2) is 8.33. The van der Waals surface area contributed by atoms with E-state index in [-0.39, 0.29) is 17.7 Å². The summed E-state index contributed by atoms with van der Waals surface area (Å²) in [5.41, 5.74) is -0.627. The van der Waals surface area contributed by atoms with Crippen LogP contribution in [0.5, 0.6) is 5.75 Å². The van der Waals surface area contributed by atoms with Crippen LogP contribution in [0.15, 0.2) is 54.6 Å². The number of benzene rings is 2. The van der Waals surface area contributed by atoms with Gasteiger partial charge in [0.1, 0.15) is 5.75 Å². The van der Waals surface area contributed by atoms with Gasteiger partial charge < -0.3 is 9.47 Å². The Bertz CT molecular complexity index is 808. The van der Waals surface area contributed by atoms with Crippen LogP contribution in [-0.4, -0.2) is 25.5 Å². The fraction of sp³-hybridized carbons (Fsp3) is 0.158. The van der Waals surface area contributed by atoms with E-state index in [9.17, 15) is 22.8 Å². The van der Waals surface area contributed by atoms with E-state index >= 15 is 0 Å². The third-order valence-electron chi connectivity index (χ3n) is 3.40. The van der Waals surface area contributed by atoms with E-state index in [0.29, 0.717) is 5.75 Å². The van der Waals surface area contributed by atoms with Gasteiger partial charge in [-0.15, -0.1) is 0 Å². The molecule has 2 rings (SSSR count). The summed E-state index contributed by atoms with van der Waals surface area (Å²) in [6.45, 7) is -0.266. The number of carbonyl (C=O) groups excluding carboxylic acids is 2. The van der Waals surface area contributed by atoms with Crippen molar-refractivity contribution in [2.75, 3.05) is 13.7 Å². The summed E-state index contributed by atoms with van der Waals surface area (Å²) in [4.78, 5) is 23.1. The van der Waals surface area contributed by atoms with Crippen molar-refractivity contribution in [2.24, 2.45) is 0 Å². The van der Waals surface area contributed by atoms with E-state index in [1.54, 1.807) is 0 Å². The zero-order valence-corrected chi connectivity index (χ0v) is 13.7. The number of methoxy groups -OCH3 is 1. The van der Waals surface area contributed by atoms with Crippen LogP contribution in [0.4, 0.5) is 13.2 Å². The summed E-state index contributed by atoms with van der Waals surface area (Å²) < 4.78 is 48.4. The highest BCUT2D eigenvalue weighted by Crippen LogP contribution is 2.32. The fourth-order valence-corrected chi connectivity index (χ4v) is 2.08. The standard InChI is InChI=1S/C19H15F3O4/c1-25-18(24)12-26-15-9-6-14(7-10-15)17(23)11-8-13-4-2-3-5-16(13)19(20,21)22/h2-11H,12H2,1H3/b11-8+. The van der Waals surface area contributed by atoms with E-state index in [1.165, 1.54) is 49.6 Å². The predicted octanol–water partition coefficient (Wildman–Crippen LogP) is 4.15. The van der Waals surface area contributed by atoms with Crippen LogP contribution in [-0.2, 0) is 15.7 Å². The molecule has 0 unspecified atom stereocenters. The van der Waals surface area contributed by atoms with Gasteiger partial charge in [0.15, 0.2) is 12.4 Å². The largest absolute Gasteiger partial charge is 0.482 e. The Balaban J connectivity index is 2.09. The molecule has 0 bridgehead atoms. The second-order valence-corrected chi connectivity index (χ2v) is 5.17. The molecule has 4 nitrogen and oxygen atoms in total. The van der Waals surface area contributed by atoms with Crippen LogP contribution < -0.4 is 4.74 Å². The molecule has 0 radical (unpaired) electrons. The lowest BCUT2D eigenvalue weighted by molar-refractivity contribution is -0.143. The highest BCUT2D eigenvalue weighted by Gasteiger charge is 2.32. The molecule has 0 aromatic heterocycles. The van der Waals surface area contributed by atoms with E-state index < -0.39 is 23.5 Å². The molecule has 26 heavy (non-hydrogen) atoms. The molecule has 0 aliphatic heterocycles. The van der Waals surface area contributed by atoms with Crippen LogP contribution in [0, 0.1) is 0 Å². The Hall–Kier alpha value is -3.09. The first-order chi connectivity index (χ1) is 12.3. The summed E-state index contributed by atoms with van der Waals surface area (Å²) >= 11 is 0. The molecule has 0 amide bonds. The SMILES string of the molecule is COC(=O)COc1ccc(C(=O)/C=C/c2ccccc2C(F)(F)F)cc1. The quantitative estimate of drug-likeness (QED) is 0.439. The topological polar surface area (TPSA) is 52.6 Å². The van der Waals surface area contributed by atoms with Gasteiger partial charge in [-0.3, -0.25) is 4.79 Å². The second-order valence-electron chi connectivity index (χ2n) is 5.17. The lowest BCUT2D eigenvalue weighted by Crippen LogP contribution is -2.12. The maximum absolute atomic E-state index is 12.9. The van der Waals surface area contributed by atoms with Crippen LogP contribution in [0.1, 0.15) is 21.5 Å². The summed E-state index contributed by atoms with van der Waals surface area (Å²) in [5, 5.41) is 0. The van der Waals surface area contributed by atoms with Gasteiger partial charge in [0, 0.05) is 5.56 Å². The molecule has 0 aliphatic carbocycles. The van der Waals surface area contributed by atoms with E-state index in [4.69, 9.17) is 4.74 Å². The van der Waals surface area contributed by atoms with Gasteiger partial charge in [-0.2, -0.15) is 13.2 Å². The van der Waals surface area contributed by atoms with Gasteiger partial charge in [0.05, 0.1) is 12.7 Å². The number of ketones is 1. The Morgan fingerprint density at radius 3 is 2.31 bits per heavy atom. The van der Waals surface area contributed by atoms with Crippen LogP contribution in [0.2, 0.25) is 0 Å². The lowest BCUT2D eigenvalue weighted by Gasteiger charge is -2.09. The van der Waals surface area contributed by atoms with Crippen molar-refractivity contribution >= 4 is 17.8 Å². The van der Waals surface area contributed by atoms with E-state index in [1.807, 2.05) is 0 Å². The Morgan fingerprint density at radius 1 is 1.04 bits per heavy atom. The summed E-state index contributed by atoms with van der Waals surface area (Å²) in [7, 11) is 1.23. The molecule has 2 aromatic carbocycles. The summed E-state index contributed by atoms with van der Waals surface area (Å²) in [6, 6.07) is 10.9. The van der Waals surface area contributed by atoms with Gasteiger partial charge >= 0.3 is 12.1 Å². The molecule has 136 valence electrons. The number of ether oxygens (including phenoxy) is 2. The molecule has 0 saturated heterocycles. The van der Waals surface area contributed by atoms with Crippen molar-refractivity contribution < 1.29 is 32.2 Å². The molecule has 0 spiro atoms. The minimum atomic E-state index is -4.50. The number of esters is 1. The average Bonchev–Trinajstić information content (AvgIpc) is 2.64. The lowest BCUT2D eigenvalue weighted by atomic mass is 10.0. The van der Waals surface area contributed by atoms with Gasteiger partial charge in [0.25, 0.3) is 0 Å². The maximum Gasteiger partial charge on any atom is 0.416 e. The first-order valence-corrected chi connectivity index (χ1v) is 7.49. The third-order valence-corrected chi connectivity index (χ3v) is 3.40. The minimum absolute atomic E-state index is 0.0913. The van der Waals surface area contributed by atoms with Gasteiger partial charge in [-0.25, -0.2) is 4.79 Å². The fourth-order valence-electron chi connectivity index (χ4n) is 2.08. The van der Waals surface area contributed by atoms with E-state index in [0.717, 1.165) is 18.2 Å². The number of carbonyl (C=O) groups is 2. The molecular weight excluding hydrogens is 349 g/mol. The van der Waals surface area contributed by atoms with Crippen molar-refractivity contribution in [3.63, 3.8) is 0 Å². The molecule has 0 saturated carbocycles. The van der Waals surface area contributed by atoms with Crippen molar-refractivity contribution in [3.8, 4) is 5.75 Å². The van der Waals surface area contributed by atoms with Crippen molar-refractivity contribution in [1.29, 1.82) is 0 Å². The predicted molar refractivity (Wildman–Crippen MR) is 88.8 cm³/mol.